The first-order valence-corrected chi connectivity index (χ1v) is 15.0. The predicted octanol–water partition coefficient (Wildman–Crippen LogP) is 6.31. The second-order valence-electron chi connectivity index (χ2n) is 11.7. The van der Waals surface area contributed by atoms with Crippen molar-refractivity contribution in [1.82, 2.24) is 15.1 Å². The molecular weight excluding hydrogens is 549 g/mol. The molecule has 2 aromatic carbocycles. The Kier molecular flexibility index (Phi) is 10.6. The molecule has 0 bridgehead atoms. The van der Waals surface area contributed by atoms with Crippen molar-refractivity contribution in [1.29, 1.82) is 0 Å². The van der Waals surface area contributed by atoms with Crippen molar-refractivity contribution in [3.63, 3.8) is 0 Å². The number of likely N-dealkylation sites (tertiary alicyclic amines) is 2. The van der Waals surface area contributed by atoms with E-state index in [4.69, 9.17) is 32.7 Å². The van der Waals surface area contributed by atoms with Gasteiger partial charge in [0.05, 0.1) is 0 Å². The number of nitrogens with zero attached hydrogens (tertiary/aromatic N) is 2. The van der Waals surface area contributed by atoms with E-state index in [0.29, 0.717) is 36.2 Å². The van der Waals surface area contributed by atoms with Gasteiger partial charge in [-0.1, -0.05) is 41.4 Å². The highest BCUT2D eigenvalue weighted by atomic mass is 35.5. The number of ether oxygens (including phenoxy) is 2. The summed E-state index contributed by atoms with van der Waals surface area (Å²) in [5.41, 5.74) is 1.39. The number of carbonyl (C=O) groups excluding carboxylic acids is 2. The van der Waals surface area contributed by atoms with E-state index in [0.717, 1.165) is 49.4 Å². The summed E-state index contributed by atoms with van der Waals surface area (Å²) in [6, 6.07) is 12.5. The van der Waals surface area contributed by atoms with Gasteiger partial charge in [0.2, 0.25) is 5.91 Å². The highest BCUT2D eigenvalue weighted by molar-refractivity contribution is 6.30. The molecule has 7 nitrogen and oxygen atoms in total. The molecule has 1 N–H and O–H groups in total. The summed E-state index contributed by atoms with van der Waals surface area (Å²) < 4.78 is 11.7. The second kappa shape index (κ2) is 13.9. The Balaban J connectivity index is 1.39. The van der Waals surface area contributed by atoms with Crippen molar-refractivity contribution in [2.45, 2.75) is 70.4 Å². The molecule has 2 aliphatic rings. The molecule has 2 saturated heterocycles. The van der Waals surface area contributed by atoms with Crippen LogP contribution in [0.1, 0.15) is 63.5 Å². The lowest BCUT2D eigenvalue weighted by Crippen LogP contribution is -2.52. The molecule has 218 valence electrons. The molecule has 9 heteroatoms. The summed E-state index contributed by atoms with van der Waals surface area (Å²) in [6.07, 6.45) is 3.86. The summed E-state index contributed by atoms with van der Waals surface area (Å²) in [4.78, 5) is 30.6. The maximum atomic E-state index is 13.7. The minimum atomic E-state index is -0.743. The van der Waals surface area contributed by atoms with E-state index >= 15 is 0 Å². The minimum Gasteiger partial charge on any atom is -0.492 e. The van der Waals surface area contributed by atoms with Crippen molar-refractivity contribution in [2.24, 2.45) is 0 Å². The summed E-state index contributed by atoms with van der Waals surface area (Å²) in [7, 11) is 0. The number of halogens is 2. The lowest BCUT2D eigenvalue weighted by atomic mass is 9.88. The van der Waals surface area contributed by atoms with Crippen LogP contribution in [0.2, 0.25) is 10.0 Å². The maximum Gasteiger partial charge on any atom is 0.408 e. The van der Waals surface area contributed by atoms with E-state index in [1.165, 1.54) is 12.8 Å². The molecule has 2 aromatic rings. The second-order valence-corrected chi connectivity index (χ2v) is 12.6. The van der Waals surface area contributed by atoms with Crippen LogP contribution in [0.4, 0.5) is 4.79 Å². The third kappa shape index (κ3) is 9.02. The van der Waals surface area contributed by atoms with Gasteiger partial charge in [-0.3, -0.25) is 9.69 Å². The quantitative estimate of drug-likeness (QED) is 0.371. The van der Waals surface area contributed by atoms with E-state index < -0.39 is 17.7 Å². The van der Waals surface area contributed by atoms with Gasteiger partial charge in [-0.2, -0.15) is 0 Å². The van der Waals surface area contributed by atoms with Gasteiger partial charge in [-0.05, 0) is 101 Å². The standard InChI is InChI=1S/C31H41Cl2N3O4/c1-31(2,3)40-30(38)34-27(20-22-6-8-24(32)9-7-22)29(37)36-16-12-23(13-17-36)26-11-10-25(33)21-28(26)39-19-18-35-14-4-5-15-35/h6-11,21,23,27H,4-5,12-20H2,1-3H3,(H,34,38)/t27-/m1/s1. The van der Waals surface area contributed by atoms with Crippen LogP contribution in [-0.2, 0) is 16.0 Å². The van der Waals surface area contributed by atoms with Crippen LogP contribution in [0, 0.1) is 0 Å². The van der Waals surface area contributed by atoms with E-state index in [1.807, 2.05) is 29.2 Å². The topological polar surface area (TPSA) is 71.1 Å². The Morgan fingerprint density at radius 1 is 0.975 bits per heavy atom. The molecule has 2 heterocycles. The third-order valence-corrected chi connectivity index (χ3v) is 7.92. The van der Waals surface area contributed by atoms with Crippen molar-refractivity contribution in [3.8, 4) is 5.75 Å². The number of hydrogen-bond donors (Lipinski definition) is 1. The van der Waals surface area contributed by atoms with Gasteiger partial charge in [0.25, 0.3) is 0 Å². The molecule has 2 fully saturated rings. The Morgan fingerprint density at radius 2 is 1.62 bits per heavy atom. The van der Waals surface area contributed by atoms with E-state index in [9.17, 15) is 9.59 Å². The molecule has 2 amide bonds. The average molecular weight is 591 g/mol. The molecule has 0 radical (unpaired) electrons. The number of carbonyl (C=O) groups is 2. The van der Waals surface area contributed by atoms with Crippen LogP contribution in [-0.4, -0.2) is 72.8 Å². The number of alkyl carbamates (subject to hydrolysis) is 1. The molecule has 2 aliphatic heterocycles. The molecule has 0 aromatic heterocycles. The number of rotatable bonds is 9. The van der Waals surface area contributed by atoms with Crippen molar-refractivity contribution >= 4 is 35.2 Å². The first-order chi connectivity index (χ1) is 19.1. The largest absolute Gasteiger partial charge is 0.492 e. The molecular formula is C31H41Cl2N3O4. The van der Waals surface area contributed by atoms with Crippen LogP contribution in [0.25, 0.3) is 0 Å². The number of benzene rings is 2. The summed E-state index contributed by atoms with van der Waals surface area (Å²) in [5.74, 6) is 0.984. The first-order valence-electron chi connectivity index (χ1n) is 14.2. The van der Waals surface area contributed by atoms with Crippen molar-refractivity contribution in [2.75, 3.05) is 39.3 Å². The molecule has 0 spiro atoms. The Hall–Kier alpha value is -2.48. The van der Waals surface area contributed by atoms with Crippen LogP contribution in [0.3, 0.4) is 0 Å². The molecule has 1 atom stereocenters. The summed E-state index contributed by atoms with van der Waals surface area (Å²) in [6.45, 7) is 10.4. The molecule has 0 aliphatic carbocycles. The Labute approximate surface area is 248 Å². The Morgan fingerprint density at radius 3 is 2.27 bits per heavy atom. The van der Waals surface area contributed by atoms with Crippen LogP contribution < -0.4 is 10.1 Å². The zero-order valence-corrected chi connectivity index (χ0v) is 25.3. The number of amides is 2. The molecule has 4 rings (SSSR count). The lowest BCUT2D eigenvalue weighted by Gasteiger charge is -2.35. The lowest BCUT2D eigenvalue weighted by molar-refractivity contribution is -0.134. The predicted molar refractivity (Wildman–Crippen MR) is 159 cm³/mol. The van der Waals surface area contributed by atoms with Crippen LogP contribution in [0.15, 0.2) is 42.5 Å². The van der Waals surface area contributed by atoms with Gasteiger partial charge in [0.15, 0.2) is 0 Å². The van der Waals surface area contributed by atoms with Gasteiger partial charge >= 0.3 is 6.09 Å². The van der Waals surface area contributed by atoms with Gasteiger partial charge in [0, 0.05) is 36.1 Å². The number of piperidine rings is 1. The fourth-order valence-corrected chi connectivity index (χ4v) is 5.69. The zero-order valence-electron chi connectivity index (χ0n) is 23.8. The van der Waals surface area contributed by atoms with E-state index in [2.05, 4.69) is 16.3 Å². The maximum absolute atomic E-state index is 13.7. The van der Waals surface area contributed by atoms with Gasteiger partial charge in [-0.15, -0.1) is 0 Å². The number of hydrogen-bond acceptors (Lipinski definition) is 5. The van der Waals surface area contributed by atoms with Crippen molar-refractivity contribution < 1.29 is 19.1 Å². The van der Waals surface area contributed by atoms with E-state index in [-0.39, 0.29) is 11.8 Å². The monoisotopic (exact) mass is 589 g/mol. The van der Waals surface area contributed by atoms with Gasteiger partial charge in [0.1, 0.15) is 24.0 Å². The van der Waals surface area contributed by atoms with E-state index in [1.54, 1.807) is 32.9 Å². The number of nitrogens with one attached hydrogen (secondary N) is 1. The van der Waals surface area contributed by atoms with Crippen LogP contribution >= 0.6 is 23.2 Å². The molecule has 0 unspecified atom stereocenters. The fourth-order valence-electron chi connectivity index (χ4n) is 5.40. The average Bonchev–Trinajstić information content (AvgIpc) is 3.42. The zero-order chi connectivity index (χ0) is 28.7. The van der Waals surface area contributed by atoms with Gasteiger partial charge in [-0.25, -0.2) is 4.79 Å². The highest BCUT2D eigenvalue weighted by Crippen LogP contribution is 2.36. The normalized spacial score (nSPS) is 17.5. The fraction of sp³-hybridized carbons (Fsp3) is 0.548. The third-order valence-electron chi connectivity index (χ3n) is 7.43. The summed E-state index contributed by atoms with van der Waals surface area (Å²) in [5, 5.41) is 4.09. The van der Waals surface area contributed by atoms with Crippen molar-refractivity contribution in [3.05, 3.63) is 63.6 Å². The smallest absolute Gasteiger partial charge is 0.408 e. The Bertz CT molecular complexity index is 1140. The molecule has 0 saturated carbocycles. The van der Waals surface area contributed by atoms with Gasteiger partial charge < -0.3 is 19.7 Å². The minimum absolute atomic E-state index is 0.113. The summed E-state index contributed by atoms with van der Waals surface area (Å²) >= 11 is 12.4. The molecule has 40 heavy (non-hydrogen) atoms. The van der Waals surface area contributed by atoms with Crippen LogP contribution in [0.5, 0.6) is 5.75 Å². The first kappa shape index (κ1) is 30.5. The SMILES string of the molecule is CC(C)(C)OC(=O)N[C@H](Cc1ccc(Cl)cc1)C(=O)N1CCC(c2ccc(Cl)cc2OCCN2CCCC2)CC1. The highest BCUT2D eigenvalue weighted by Gasteiger charge is 2.32.